The highest BCUT2D eigenvalue weighted by atomic mass is 35.5. The Morgan fingerprint density at radius 3 is 2.00 bits per heavy atom. The molecule has 0 amide bonds. The SMILES string of the molecule is CC(C)(C)c1ccc(CC(C)(O)c2ccccc2Cl)cc1. The van der Waals surface area contributed by atoms with Crippen LogP contribution in [-0.2, 0) is 17.4 Å². The van der Waals surface area contributed by atoms with E-state index in [1.54, 1.807) is 0 Å². The molecule has 0 spiro atoms. The third-order valence-electron chi connectivity index (χ3n) is 3.82. The third-order valence-corrected chi connectivity index (χ3v) is 4.15. The maximum atomic E-state index is 10.8. The molecule has 1 unspecified atom stereocenters. The molecule has 1 nitrogen and oxygen atoms in total. The topological polar surface area (TPSA) is 20.2 Å². The van der Waals surface area contributed by atoms with Crippen LogP contribution in [0.2, 0.25) is 5.02 Å². The highest BCUT2D eigenvalue weighted by Crippen LogP contribution is 2.31. The van der Waals surface area contributed by atoms with Gasteiger partial charge < -0.3 is 5.11 Å². The quantitative estimate of drug-likeness (QED) is 0.837. The molecule has 2 aromatic rings. The monoisotopic (exact) mass is 302 g/mol. The van der Waals surface area contributed by atoms with Gasteiger partial charge in [0, 0.05) is 17.0 Å². The number of hydrogen-bond donors (Lipinski definition) is 1. The zero-order valence-corrected chi connectivity index (χ0v) is 13.9. The first kappa shape index (κ1) is 16.1. The Morgan fingerprint density at radius 1 is 0.905 bits per heavy atom. The lowest BCUT2D eigenvalue weighted by atomic mass is 9.84. The van der Waals surface area contributed by atoms with Crippen LogP contribution in [0.15, 0.2) is 48.5 Å². The zero-order valence-electron chi connectivity index (χ0n) is 13.2. The lowest BCUT2D eigenvalue weighted by Gasteiger charge is -2.26. The standard InChI is InChI=1S/C19H23ClO/c1-18(2,3)15-11-9-14(10-12-15)13-19(4,21)16-7-5-6-8-17(16)20/h5-12,21H,13H2,1-4H3. The number of benzene rings is 2. The summed E-state index contributed by atoms with van der Waals surface area (Å²) in [5, 5.41) is 11.4. The van der Waals surface area contributed by atoms with Crippen LogP contribution in [0.3, 0.4) is 0 Å². The first-order chi connectivity index (χ1) is 9.70. The second-order valence-corrected chi connectivity index (χ2v) is 7.28. The second-order valence-electron chi connectivity index (χ2n) is 6.88. The van der Waals surface area contributed by atoms with E-state index in [0.717, 1.165) is 11.1 Å². The number of aliphatic hydroxyl groups is 1. The van der Waals surface area contributed by atoms with Gasteiger partial charge >= 0.3 is 0 Å². The van der Waals surface area contributed by atoms with Crippen LogP contribution < -0.4 is 0 Å². The van der Waals surface area contributed by atoms with Crippen LogP contribution in [0.4, 0.5) is 0 Å². The molecule has 2 rings (SSSR count). The predicted molar refractivity (Wildman–Crippen MR) is 89.9 cm³/mol. The summed E-state index contributed by atoms with van der Waals surface area (Å²) in [6.07, 6.45) is 0.543. The maximum absolute atomic E-state index is 10.8. The smallest absolute Gasteiger partial charge is 0.0923 e. The fourth-order valence-electron chi connectivity index (χ4n) is 2.51. The van der Waals surface area contributed by atoms with Crippen LogP contribution in [0.25, 0.3) is 0 Å². The molecule has 0 saturated carbocycles. The van der Waals surface area contributed by atoms with Crippen molar-refractivity contribution in [3.05, 3.63) is 70.2 Å². The Bertz CT molecular complexity index is 606. The van der Waals surface area contributed by atoms with Crippen LogP contribution in [0.1, 0.15) is 44.4 Å². The van der Waals surface area contributed by atoms with E-state index >= 15 is 0 Å². The van der Waals surface area contributed by atoms with Gasteiger partial charge in [0.25, 0.3) is 0 Å². The Morgan fingerprint density at radius 2 is 1.48 bits per heavy atom. The molecule has 0 bridgehead atoms. The molecule has 0 aliphatic rings. The summed E-state index contributed by atoms with van der Waals surface area (Å²) in [4.78, 5) is 0. The molecule has 0 aliphatic heterocycles. The largest absolute Gasteiger partial charge is 0.385 e. The molecule has 0 heterocycles. The van der Waals surface area contributed by atoms with Gasteiger partial charge in [0.05, 0.1) is 5.60 Å². The lowest BCUT2D eigenvalue weighted by molar-refractivity contribution is 0.0577. The van der Waals surface area contributed by atoms with Gasteiger partial charge in [-0.15, -0.1) is 0 Å². The first-order valence-corrected chi connectivity index (χ1v) is 7.65. The van der Waals surface area contributed by atoms with Gasteiger partial charge in [0.1, 0.15) is 0 Å². The number of halogens is 1. The van der Waals surface area contributed by atoms with Crippen molar-refractivity contribution in [3.63, 3.8) is 0 Å². The molecular formula is C19H23ClO. The molecule has 0 saturated heterocycles. The van der Waals surface area contributed by atoms with Gasteiger partial charge in [-0.2, -0.15) is 0 Å². The number of hydrogen-bond acceptors (Lipinski definition) is 1. The van der Waals surface area contributed by atoms with Crippen molar-refractivity contribution < 1.29 is 5.11 Å². The Labute approximate surface area is 132 Å². The summed E-state index contributed by atoms with van der Waals surface area (Å²) >= 11 is 6.20. The summed E-state index contributed by atoms with van der Waals surface area (Å²) in [7, 11) is 0. The Kier molecular flexibility index (Phi) is 4.46. The van der Waals surface area contributed by atoms with Crippen molar-refractivity contribution in [2.45, 2.75) is 45.1 Å². The second kappa shape index (κ2) is 5.82. The molecule has 112 valence electrons. The molecule has 2 aromatic carbocycles. The molecule has 1 N–H and O–H groups in total. The summed E-state index contributed by atoms with van der Waals surface area (Å²) in [6.45, 7) is 8.40. The average Bonchev–Trinajstić information content (AvgIpc) is 2.38. The fraction of sp³-hybridized carbons (Fsp3) is 0.368. The van der Waals surface area contributed by atoms with Crippen molar-refractivity contribution >= 4 is 11.6 Å². The van der Waals surface area contributed by atoms with Crippen LogP contribution in [0.5, 0.6) is 0 Å². The summed E-state index contributed by atoms with van der Waals surface area (Å²) in [5.74, 6) is 0. The van der Waals surface area contributed by atoms with Crippen molar-refractivity contribution in [1.82, 2.24) is 0 Å². The zero-order chi connectivity index (χ0) is 15.7. The Balaban J connectivity index is 2.23. The van der Waals surface area contributed by atoms with Crippen molar-refractivity contribution in [2.24, 2.45) is 0 Å². The van der Waals surface area contributed by atoms with Gasteiger partial charge in [-0.3, -0.25) is 0 Å². The predicted octanol–water partition coefficient (Wildman–Crippen LogP) is 5.09. The minimum atomic E-state index is -0.971. The van der Waals surface area contributed by atoms with Crippen LogP contribution in [-0.4, -0.2) is 5.11 Å². The van der Waals surface area contributed by atoms with E-state index < -0.39 is 5.60 Å². The van der Waals surface area contributed by atoms with Crippen LogP contribution >= 0.6 is 11.6 Å². The van der Waals surface area contributed by atoms with Crippen molar-refractivity contribution in [3.8, 4) is 0 Å². The lowest BCUT2D eigenvalue weighted by Crippen LogP contribution is -2.24. The summed E-state index contributed by atoms with van der Waals surface area (Å²) < 4.78 is 0. The van der Waals surface area contributed by atoms with E-state index in [1.807, 2.05) is 31.2 Å². The van der Waals surface area contributed by atoms with E-state index in [0.29, 0.717) is 11.4 Å². The van der Waals surface area contributed by atoms with E-state index in [1.165, 1.54) is 5.56 Å². The van der Waals surface area contributed by atoms with Gasteiger partial charge in [0.15, 0.2) is 0 Å². The van der Waals surface area contributed by atoms with E-state index in [-0.39, 0.29) is 5.41 Å². The summed E-state index contributed by atoms with van der Waals surface area (Å²) in [6, 6.07) is 15.9. The van der Waals surface area contributed by atoms with E-state index in [9.17, 15) is 5.11 Å². The maximum Gasteiger partial charge on any atom is 0.0923 e. The summed E-state index contributed by atoms with van der Waals surface area (Å²) in [5.41, 5.74) is 2.34. The first-order valence-electron chi connectivity index (χ1n) is 7.27. The molecule has 2 heteroatoms. The Hall–Kier alpha value is -1.31. The van der Waals surface area contributed by atoms with Gasteiger partial charge in [-0.1, -0.05) is 74.8 Å². The molecule has 21 heavy (non-hydrogen) atoms. The number of rotatable bonds is 3. The highest BCUT2D eigenvalue weighted by molar-refractivity contribution is 6.31. The molecule has 0 fully saturated rings. The minimum absolute atomic E-state index is 0.143. The van der Waals surface area contributed by atoms with Gasteiger partial charge in [-0.25, -0.2) is 0 Å². The normalized spacial score (nSPS) is 14.8. The fourth-order valence-corrected chi connectivity index (χ4v) is 2.85. The minimum Gasteiger partial charge on any atom is -0.385 e. The molecule has 1 atom stereocenters. The molecule has 0 radical (unpaired) electrons. The molecular weight excluding hydrogens is 280 g/mol. The van der Waals surface area contributed by atoms with E-state index in [2.05, 4.69) is 45.0 Å². The highest BCUT2D eigenvalue weighted by Gasteiger charge is 2.26. The van der Waals surface area contributed by atoms with Crippen LogP contribution in [0, 0.1) is 0 Å². The average molecular weight is 303 g/mol. The molecule has 0 aromatic heterocycles. The van der Waals surface area contributed by atoms with Crippen molar-refractivity contribution in [1.29, 1.82) is 0 Å². The van der Waals surface area contributed by atoms with Gasteiger partial charge in [-0.05, 0) is 29.5 Å². The van der Waals surface area contributed by atoms with E-state index in [4.69, 9.17) is 11.6 Å². The van der Waals surface area contributed by atoms with Crippen molar-refractivity contribution in [2.75, 3.05) is 0 Å². The third kappa shape index (κ3) is 3.87. The van der Waals surface area contributed by atoms with Gasteiger partial charge in [0.2, 0.25) is 0 Å². The molecule has 0 aliphatic carbocycles.